The number of carbonyl (C=O) groups excluding carboxylic acids is 1. The number of anilines is 1. The van der Waals surface area contributed by atoms with Gasteiger partial charge in [0.15, 0.2) is 0 Å². The average molecular weight is 320 g/mol. The topological polar surface area (TPSA) is 51.1 Å². The van der Waals surface area contributed by atoms with Crippen molar-refractivity contribution in [2.75, 3.05) is 5.32 Å². The fraction of sp³-hybridized carbons (Fsp3) is 0.200. The van der Waals surface area contributed by atoms with E-state index in [9.17, 15) is 9.59 Å². The third-order valence-corrected chi connectivity index (χ3v) is 4.01. The summed E-state index contributed by atoms with van der Waals surface area (Å²) >= 11 is 0. The number of para-hydroxylation sites is 2. The number of fused-ring (bicyclic) bond motifs is 1. The van der Waals surface area contributed by atoms with E-state index in [1.54, 1.807) is 22.8 Å². The maximum atomic E-state index is 12.8. The molecule has 0 saturated heterocycles. The lowest BCUT2D eigenvalue weighted by Crippen LogP contribution is -2.29. The first-order valence-corrected chi connectivity index (χ1v) is 8.19. The van der Waals surface area contributed by atoms with Crippen LogP contribution in [0.1, 0.15) is 30.1 Å². The van der Waals surface area contributed by atoms with Gasteiger partial charge in [-0.15, -0.1) is 0 Å². The average Bonchev–Trinajstić information content (AvgIpc) is 2.61. The van der Waals surface area contributed by atoms with E-state index >= 15 is 0 Å². The molecule has 0 saturated carbocycles. The molecule has 2 aromatic carbocycles. The fourth-order valence-electron chi connectivity index (χ4n) is 2.75. The summed E-state index contributed by atoms with van der Waals surface area (Å²) in [6, 6.07) is 18.5. The molecule has 1 amide bonds. The van der Waals surface area contributed by atoms with Crippen molar-refractivity contribution in [1.29, 1.82) is 0 Å². The first-order chi connectivity index (χ1) is 11.7. The molecule has 0 bridgehead atoms. The van der Waals surface area contributed by atoms with Gasteiger partial charge in [-0.2, -0.15) is 0 Å². The molecule has 0 spiro atoms. The third-order valence-electron chi connectivity index (χ3n) is 4.01. The number of rotatable bonds is 5. The van der Waals surface area contributed by atoms with Crippen LogP contribution < -0.4 is 10.9 Å². The summed E-state index contributed by atoms with van der Waals surface area (Å²) < 4.78 is 1.71. The van der Waals surface area contributed by atoms with Crippen molar-refractivity contribution in [3.8, 4) is 0 Å². The van der Waals surface area contributed by atoms with Crippen molar-refractivity contribution in [1.82, 2.24) is 4.57 Å². The lowest BCUT2D eigenvalue weighted by molar-refractivity contribution is 0.102. The molecule has 0 aliphatic rings. The van der Waals surface area contributed by atoms with E-state index in [2.05, 4.69) is 12.2 Å². The van der Waals surface area contributed by atoms with E-state index < -0.39 is 0 Å². The summed E-state index contributed by atoms with van der Waals surface area (Å²) in [6.45, 7) is 2.70. The highest BCUT2D eigenvalue weighted by Crippen LogP contribution is 2.15. The smallest absolute Gasteiger partial charge is 0.263 e. The number of amides is 1. The van der Waals surface area contributed by atoms with Gasteiger partial charge in [0, 0.05) is 12.2 Å². The number of carbonyl (C=O) groups is 1. The lowest BCUT2D eigenvalue weighted by atomic mass is 10.1. The molecule has 3 rings (SSSR count). The number of benzene rings is 2. The van der Waals surface area contributed by atoms with Gasteiger partial charge in [-0.1, -0.05) is 49.7 Å². The second-order valence-corrected chi connectivity index (χ2v) is 5.75. The van der Waals surface area contributed by atoms with Crippen molar-refractivity contribution < 1.29 is 4.79 Å². The Morgan fingerprint density at radius 2 is 1.75 bits per heavy atom. The summed E-state index contributed by atoms with van der Waals surface area (Å²) in [7, 11) is 0. The first kappa shape index (κ1) is 16.0. The predicted octanol–water partition coefficient (Wildman–Crippen LogP) is 4.05. The predicted molar refractivity (Wildman–Crippen MR) is 97.5 cm³/mol. The molecule has 0 aliphatic heterocycles. The van der Waals surface area contributed by atoms with Crippen LogP contribution in [0.3, 0.4) is 0 Å². The summed E-state index contributed by atoms with van der Waals surface area (Å²) in [4.78, 5) is 25.4. The molecule has 24 heavy (non-hydrogen) atoms. The van der Waals surface area contributed by atoms with Gasteiger partial charge in [0.2, 0.25) is 0 Å². The molecule has 0 fully saturated rings. The van der Waals surface area contributed by atoms with Crippen LogP contribution >= 0.6 is 0 Å². The van der Waals surface area contributed by atoms with Crippen LogP contribution in [0.5, 0.6) is 0 Å². The van der Waals surface area contributed by atoms with E-state index in [0.29, 0.717) is 12.2 Å². The molecular weight excluding hydrogens is 300 g/mol. The van der Waals surface area contributed by atoms with Crippen LogP contribution in [-0.2, 0) is 6.54 Å². The molecule has 0 unspecified atom stereocenters. The Kier molecular flexibility index (Phi) is 4.75. The number of hydrogen-bond acceptors (Lipinski definition) is 2. The maximum Gasteiger partial charge on any atom is 0.263 e. The largest absolute Gasteiger partial charge is 0.322 e. The number of unbranched alkanes of at least 4 members (excludes halogenated alkanes) is 1. The minimum absolute atomic E-state index is 0.175. The number of aromatic nitrogens is 1. The Labute approximate surface area is 140 Å². The monoisotopic (exact) mass is 320 g/mol. The van der Waals surface area contributed by atoms with Gasteiger partial charge in [0.25, 0.3) is 11.5 Å². The third kappa shape index (κ3) is 3.23. The lowest BCUT2D eigenvalue weighted by Gasteiger charge is -2.12. The minimum Gasteiger partial charge on any atom is -0.322 e. The van der Waals surface area contributed by atoms with Crippen LogP contribution in [0, 0.1) is 0 Å². The van der Waals surface area contributed by atoms with Gasteiger partial charge in [0.05, 0.1) is 5.52 Å². The molecule has 0 atom stereocenters. The van der Waals surface area contributed by atoms with E-state index in [4.69, 9.17) is 0 Å². The van der Waals surface area contributed by atoms with Crippen molar-refractivity contribution in [3.05, 3.63) is 76.6 Å². The first-order valence-electron chi connectivity index (χ1n) is 8.19. The minimum atomic E-state index is -0.373. The van der Waals surface area contributed by atoms with Gasteiger partial charge in [-0.05, 0) is 36.1 Å². The summed E-state index contributed by atoms with van der Waals surface area (Å²) in [5.41, 5.74) is 1.48. The van der Waals surface area contributed by atoms with E-state index in [1.807, 2.05) is 42.5 Å². The molecular formula is C20H20N2O2. The number of pyridine rings is 1. The standard InChI is InChI=1S/C20H20N2O2/c1-2-3-13-22-18-12-8-7-9-15(18)14-17(20(22)24)19(23)21-16-10-5-4-6-11-16/h4-12,14H,2-3,13H2,1H3,(H,21,23). The normalized spacial score (nSPS) is 10.7. The molecule has 1 aromatic heterocycles. The Morgan fingerprint density at radius 3 is 2.50 bits per heavy atom. The second kappa shape index (κ2) is 7.13. The van der Waals surface area contributed by atoms with Gasteiger partial charge < -0.3 is 9.88 Å². The Balaban J connectivity index is 2.05. The highest BCUT2D eigenvalue weighted by molar-refractivity contribution is 6.05. The zero-order valence-electron chi connectivity index (χ0n) is 13.7. The summed E-state index contributed by atoms with van der Waals surface area (Å²) in [6.07, 6.45) is 1.88. The van der Waals surface area contributed by atoms with Crippen molar-refractivity contribution >= 4 is 22.5 Å². The highest BCUT2D eigenvalue weighted by Gasteiger charge is 2.15. The van der Waals surface area contributed by atoms with Crippen LogP contribution in [0.15, 0.2) is 65.5 Å². The summed E-state index contributed by atoms with van der Waals surface area (Å²) in [5.74, 6) is -0.373. The molecule has 1 N–H and O–H groups in total. The number of aryl methyl sites for hydroxylation is 1. The maximum absolute atomic E-state index is 12.8. The van der Waals surface area contributed by atoms with E-state index in [0.717, 1.165) is 23.7 Å². The second-order valence-electron chi connectivity index (χ2n) is 5.75. The van der Waals surface area contributed by atoms with Crippen LogP contribution in [0.4, 0.5) is 5.69 Å². The zero-order valence-corrected chi connectivity index (χ0v) is 13.7. The zero-order chi connectivity index (χ0) is 16.9. The molecule has 4 heteroatoms. The van der Waals surface area contributed by atoms with E-state index in [1.165, 1.54) is 0 Å². The Hall–Kier alpha value is -2.88. The quantitative estimate of drug-likeness (QED) is 0.771. The highest BCUT2D eigenvalue weighted by atomic mass is 16.2. The molecule has 0 radical (unpaired) electrons. The number of nitrogens with one attached hydrogen (secondary N) is 1. The molecule has 0 aliphatic carbocycles. The fourth-order valence-corrected chi connectivity index (χ4v) is 2.75. The Bertz CT molecular complexity index is 914. The van der Waals surface area contributed by atoms with Gasteiger partial charge >= 0.3 is 0 Å². The molecule has 4 nitrogen and oxygen atoms in total. The molecule has 3 aromatic rings. The van der Waals surface area contributed by atoms with Crippen molar-refractivity contribution in [2.24, 2.45) is 0 Å². The van der Waals surface area contributed by atoms with Crippen molar-refractivity contribution in [3.63, 3.8) is 0 Å². The summed E-state index contributed by atoms with van der Waals surface area (Å²) in [5, 5.41) is 3.69. The SMILES string of the molecule is CCCCn1c(=O)c(C(=O)Nc2ccccc2)cc2ccccc21. The number of hydrogen-bond donors (Lipinski definition) is 1. The van der Waals surface area contributed by atoms with E-state index in [-0.39, 0.29) is 17.0 Å². The van der Waals surface area contributed by atoms with Gasteiger partial charge in [-0.25, -0.2) is 0 Å². The molecule has 1 heterocycles. The van der Waals surface area contributed by atoms with Gasteiger partial charge in [-0.3, -0.25) is 9.59 Å². The van der Waals surface area contributed by atoms with Crippen LogP contribution in [-0.4, -0.2) is 10.5 Å². The van der Waals surface area contributed by atoms with Gasteiger partial charge in [0.1, 0.15) is 5.56 Å². The number of nitrogens with zero attached hydrogens (tertiary/aromatic N) is 1. The van der Waals surface area contributed by atoms with Crippen LogP contribution in [0.25, 0.3) is 10.9 Å². The Morgan fingerprint density at radius 1 is 1.04 bits per heavy atom. The molecule has 122 valence electrons. The van der Waals surface area contributed by atoms with Crippen LogP contribution in [0.2, 0.25) is 0 Å². The van der Waals surface area contributed by atoms with Crippen molar-refractivity contribution in [2.45, 2.75) is 26.3 Å².